The molecule has 2 aliphatic heterocycles. The summed E-state index contributed by atoms with van der Waals surface area (Å²) in [4.78, 5) is 39.9. The van der Waals surface area contributed by atoms with Crippen molar-refractivity contribution in [3.63, 3.8) is 0 Å². The number of amides is 2. The number of anilines is 2. The molecule has 0 aliphatic carbocycles. The van der Waals surface area contributed by atoms with E-state index in [-0.39, 0.29) is 11.8 Å². The van der Waals surface area contributed by atoms with E-state index in [0.29, 0.717) is 72.7 Å². The number of methoxy groups -OCH3 is 2. The Balaban J connectivity index is 1.71. The van der Waals surface area contributed by atoms with Crippen LogP contribution in [0.25, 0.3) is 0 Å². The molecule has 180 valence electrons. The molecule has 1 aromatic carbocycles. The topological polar surface area (TPSA) is 127 Å². The average molecular weight is 469 g/mol. The predicted molar refractivity (Wildman–Crippen MR) is 127 cm³/mol. The molecule has 2 aromatic rings. The molecule has 0 radical (unpaired) electrons. The van der Waals surface area contributed by atoms with Gasteiger partial charge in [-0.15, -0.1) is 0 Å². The molecule has 1 aromatic heterocycles. The lowest BCUT2D eigenvalue weighted by molar-refractivity contribution is -0.130. The van der Waals surface area contributed by atoms with Gasteiger partial charge in [-0.3, -0.25) is 14.6 Å². The summed E-state index contributed by atoms with van der Waals surface area (Å²) in [6.45, 7) is 1.50. The van der Waals surface area contributed by atoms with E-state index in [9.17, 15) is 9.59 Å². The van der Waals surface area contributed by atoms with Crippen molar-refractivity contribution in [1.29, 1.82) is 0 Å². The molecule has 2 aliphatic rings. The summed E-state index contributed by atoms with van der Waals surface area (Å²) in [5, 5.41) is 6.06. The van der Waals surface area contributed by atoms with Crippen molar-refractivity contribution in [2.75, 3.05) is 51.6 Å². The Morgan fingerprint density at radius 1 is 1.12 bits per heavy atom. The monoisotopic (exact) mass is 468 g/mol. The van der Waals surface area contributed by atoms with Crippen LogP contribution in [0.1, 0.15) is 30.7 Å². The van der Waals surface area contributed by atoms with Crippen LogP contribution in [0.4, 0.5) is 17.3 Å². The van der Waals surface area contributed by atoms with Gasteiger partial charge in [0.2, 0.25) is 17.6 Å². The molecule has 0 saturated carbocycles. The Morgan fingerprint density at radius 2 is 1.94 bits per heavy atom. The minimum absolute atomic E-state index is 0.0467. The molecule has 1 unspecified atom stereocenters. The zero-order valence-electron chi connectivity index (χ0n) is 19.5. The Kier molecular flexibility index (Phi) is 7.09. The van der Waals surface area contributed by atoms with Gasteiger partial charge < -0.3 is 29.7 Å². The molecule has 34 heavy (non-hydrogen) atoms. The number of fused-ring (bicyclic) bond motifs is 2. The van der Waals surface area contributed by atoms with E-state index in [0.717, 1.165) is 6.42 Å². The molecule has 0 spiro atoms. The second-order valence-corrected chi connectivity index (χ2v) is 7.96. The van der Waals surface area contributed by atoms with Gasteiger partial charge in [-0.05, 0) is 12.8 Å². The second-order valence-electron chi connectivity index (χ2n) is 7.96. The molecular weight excluding hydrogens is 440 g/mol. The number of benzene rings is 1. The number of carbonyl (C=O) groups is 2. The molecule has 0 saturated heterocycles. The average Bonchev–Trinajstić information content (AvgIpc) is 3.17. The molecule has 2 N–H and O–H groups in total. The Morgan fingerprint density at radius 3 is 2.74 bits per heavy atom. The number of ether oxygens (including phenoxy) is 3. The molecule has 0 fully saturated rings. The molecule has 11 nitrogen and oxygen atoms in total. The lowest BCUT2D eigenvalue weighted by Gasteiger charge is -2.19. The number of carbonyl (C=O) groups excluding carboxylic acids is 2. The maximum Gasteiger partial charge on any atom is 0.238 e. The van der Waals surface area contributed by atoms with Crippen molar-refractivity contribution in [3.05, 3.63) is 24.0 Å². The Bertz CT molecular complexity index is 1110. The number of aliphatic imine (C=N–C) groups is 1. The minimum atomic E-state index is -0.667. The van der Waals surface area contributed by atoms with Gasteiger partial charge in [-0.1, -0.05) is 0 Å². The normalized spacial score (nSPS) is 18.7. The van der Waals surface area contributed by atoms with Crippen molar-refractivity contribution in [2.45, 2.75) is 25.2 Å². The second kappa shape index (κ2) is 10.4. The van der Waals surface area contributed by atoms with E-state index >= 15 is 0 Å². The summed E-state index contributed by atoms with van der Waals surface area (Å²) in [5.74, 6) is 1.48. The summed E-state index contributed by atoms with van der Waals surface area (Å²) in [6.07, 6.45) is 4.61. The lowest BCUT2D eigenvalue weighted by atomic mass is 10.0. The fourth-order valence-corrected chi connectivity index (χ4v) is 3.90. The third-order valence-corrected chi connectivity index (χ3v) is 5.70. The highest BCUT2D eigenvalue weighted by Gasteiger charge is 2.33. The van der Waals surface area contributed by atoms with Gasteiger partial charge in [-0.2, -0.15) is 0 Å². The van der Waals surface area contributed by atoms with Crippen molar-refractivity contribution in [2.24, 2.45) is 4.99 Å². The smallest absolute Gasteiger partial charge is 0.238 e. The lowest BCUT2D eigenvalue weighted by Crippen LogP contribution is -2.29. The van der Waals surface area contributed by atoms with Crippen molar-refractivity contribution in [3.8, 4) is 17.2 Å². The molecule has 3 heterocycles. The maximum absolute atomic E-state index is 12.7. The number of rotatable bonds is 2. The summed E-state index contributed by atoms with van der Waals surface area (Å²) in [7, 11) is 4.84. The summed E-state index contributed by atoms with van der Waals surface area (Å²) >= 11 is 0. The Labute approximate surface area is 197 Å². The standard InChI is InChI=1S/C23H28N6O5/c1-29-8-5-7-24-21-19-15(23(31)28-22(19)27-13-26-21)12-25-14-10-16(32-2)20(33-3)17(11-14)34-9-4-6-18(29)30/h10-13,15H,4-9H2,1-3H3,(H2,24,26,27,28,31). The molecule has 2 bridgehead atoms. The van der Waals surface area contributed by atoms with Crippen LogP contribution >= 0.6 is 0 Å². The van der Waals surface area contributed by atoms with Crippen LogP contribution in [0.15, 0.2) is 23.5 Å². The molecule has 2 amide bonds. The molecule has 1 atom stereocenters. The van der Waals surface area contributed by atoms with Crippen LogP contribution < -0.4 is 24.8 Å². The van der Waals surface area contributed by atoms with Gasteiger partial charge in [-0.25, -0.2) is 9.97 Å². The van der Waals surface area contributed by atoms with E-state index in [1.165, 1.54) is 20.5 Å². The number of nitrogens with one attached hydrogen (secondary N) is 2. The van der Waals surface area contributed by atoms with E-state index in [4.69, 9.17) is 14.2 Å². The first-order valence-electron chi connectivity index (χ1n) is 11.1. The largest absolute Gasteiger partial charge is 0.493 e. The fourth-order valence-electron chi connectivity index (χ4n) is 3.90. The van der Waals surface area contributed by atoms with Crippen LogP contribution in [-0.2, 0) is 9.59 Å². The summed E-state index contributed by atoms with van der Waals surface area (Å²) in [6, 6.07) is 3.41. The minimum Gasteiger partial charge on any atom is -0.493 e. The van der Waals surface area contributed by atoms with E-state index in [2.05, 4.69) is 25.6 Å². The van der Waals surface area contributed by atoms with Crippen LogP contribution in [0.2, 0.25) is 0 Å². The molecule has 4 rings (SSSR count). The van der Waals surface area contributed by atoms with Gasteiger partial charge in [0, 0.05) is 44.9 Å². The van der Waals surface area contributed by atoms with Gasteiger partial charge in [0.25, 0.3) is 0 Å². The van der Waals surface area contributed by atoms with Crippen molar-refractivity contribution in [1.82, 2.24) is 14.9 Å². The summed E-state index contributed by atoms with van der Waals surface area (Å²) < 4.78 is 16.8. The number of aromatic nitrogens is 2. The van der Waals surface area contributed by atoms with Crippen molar-refractivity contribution >= 4 is 35.4 Å². The van der Waals surface area contributed by atoms with E-state index in [1.54, 1.807) is 30.3 Å². The number of hydrogen-bond acceptors (Lipinski definition) is 9. The highest BCUT2D eigenvalue weighted by molar-refractivity contribution is 6.13. The number of hydrogen-bond donors (Lipinski definition) is 2. The number of nitrogens with zero attached hydrogens (tertiary/aromatic N) is 4. The predicted octanol–water partition coefficient (Wildman–Crippen LogP) is 2.37. The quantitative estimate of drug-likeness (QED) is 0.688. The van der Waals surface area contributed by atoms with Gasteiger partial charge in [0.05, 0.1) is 32.1 Å². The highest BCUT2D eigenvalue weighted by atomic mass is 16.5. The Hall–Kier alpha value is -3.89. The maximum atomic E-state index is 12.7. The van der Waals surface area contributed by atoms with Crippen LogP contribution in [0, 0.1) is 0 Å². The zero-order chi connectivity index (χ0) is 24.1. The van der Waals surface area contributed by atoms with E-state index in [1.807, 2.05) is 0 Å². The third-order valence-electron chi connectivity index (χ3n) is 5.70. The third kappa shape index (κ3) is 4.87. The van der Waals surface area contributed by atoms with Crippen LogP contribution in [-0.4, -0.2) is 73.9 Å². The van der Waals surface area contributed by atoms with Crippen LogP contribution in [0.3, 0.4) is 0 Å². The first-order valence-corrected chi connectivity index (χ1v) is 11.1. The SMILES string of the molecule is COc1cc2cc(c1OC)OCCCC(=O)N(C)CCCNc1ncnc3c1C(C=N2)C(=O)N3. The van der Waals surface area contributed by atoms with Gasteiger partial charge in [0.1, 0.15) is 23.9 Å². The summed E-state index contributed by atoms with van der Waals surface area (Å²) in [5.41, 5.74) is 1.16. The first-order chi connectivity index (χ1) is 16.5. The molecular formula is C23H28N6O5. The molecule has 11 heteroatoms. The van der Waals surface area contributed by atoms with Crippen molar-refractivity contribution < 1.29 is 23.8 Å². The van der Waals surface area contributed by atoms with Gasteiger partial charge >= 0.3 is 0 Å². The van der Waals surface area contributed by atoms with E-state index < -0.39 is 5.92 Å². The zero-order valence-corrected chi connectivity index (χ0v) is 19.5. The fraction of sp³-hybridized carbons (Fsp3) is 0.435. The van der Waals surface area contributed by atoms with Crippen LogP contribution in [0.5, 0.6) is 17.2 Å². The van der Waals surface area contributed by atoms with Gasteiger partial charge in [0.15, 0.2) is 11.5 Å². The highest BCUT2D eigenvalue weighted by Crippen LogP contribution is 2.42. The first kappa shape index (κ1) is 23.3.